The molecular formula is C16H14Cl6S2SiZr. The third kappa shape index (κ3) is 7.67. The van der Waals surface area contributed by atoms with E-state index in [-0.39, 0.29) is 50.5 Å². The number of hydrogen-bond donors (Lipinski definition) is 0. The molecule has 2 heterocycles. The van der Waals surface area contributed by atoms with Crippen molar-refractivity contribution in [3.05, 3.63) is 67.5 Å². The summed E-state index contributed by atoms with van der Waals surface area (Å²) in [5.74, 6) is 1.59. The Kier molecular flexibility index (Phi) is 14.3. The predicted octanol–water partition coefficient (Wildman–Crippen LogP) is -0.164. The third-order valence-corrected chi connectivity index (χ3v) is 8.28. The van der Waals surface area contributed by atoms with Gasteiger partial charge >= 0.3 is 41.9 Å². The van der Waals surface area contributed by atoms with Crippen molar-refractivity contribution >= 4 is 70.2 Å². The number of rotatable bonds is 0. The average molecular weight is 602 g/mol. The quantitative estimate of drug-likeness (QED) is 0.206. The summed E-state index contributed by atoms with van der Waals surface area (Å²) in [5.41, 5.74) is 2.27. The third-order valence-electron chi connectivity index (χ3n) is 2.94. The fourth-order valence-corrected chi connectivity index (χ4v) is 7.15. The van der Waals surface area contributed by atoms with Crippen LogP contribution in [-0.2, 0) is 43.6 Å². The maximum atomic E-state index is 5.98. The van der Waals surface area contributed by atoms with Gasteiger partial charge in [-0.05, 0) is 10.1 Å². The summed E-state index contributed by atoms with van der Waals surface area (Å²) in [5, 5.41) is 1.72. The molecule has 0 bridgehead atoms. The van der Waals surface area contributed by atoms with E-state index in [9.17, 15) is 0 Å². The van der Waals surface area contributed by atoms with E-state index in [4.69, 9.17) is 44.6 Å². The molecule has 0 N–H and O–H groups in total. The zero-order valence-corrected chi connectivity index (χ0v) is 23.4. The molecule has 0 fully saturated rings. The Hall–Kier alpha value is 1.98. The van der Waals surface area contributed by atoms with Crippen molar-refractivity contribution in [2.45, 2.75) is 13.1 Å². The standard InChI is InChI=1S/2C7H4Cl2S.C2H6Si.2ClH.Zr/c2*8-6-4-10(9)7-3-1-2-5(6)7;1-3-2;;;/h2*1,3H,4H2;1-2H3;2*1H;/q;;;;;+2/p-2. The number of hydrogen-bond acceptors (Lipinski definition) is 0. The van der Waals surface area contributed by atoms with Crippen LogP contribution in [0.5, 0.6) is 0 Å². The molecule has 4 aliphatic rings. The molecule has 0 aromatic heterocycles. The molecule has 10 heteroatoms. The van der Waals surface area contributed by atoms with Gasteiger partial charge in [-0.25, -0.2) is 0 Å². The van der Waals surface area contributed by atoms with Crippen molar-refractivity contribution in [1.29, 1.82) is 0 Å². The monoisotopic (exact) mass is 598 g/mol. The maximum Gasteiger partial charge on any atom is 0.170 e. The van der Waals surface area contributed by atoms with Crippen LogP contribution in [-0.4, -0.2) is 16.9 Å². The predicted molar refractivity (Wildman–Crippen MR) is 111 cm³/mol. The Morgan fingerprint density at radius 3 is 1.46 bits per heavy atom. The molecule has 4 rings (SSSR count). The van der Waals surface area contributed by atoms with E-state index in [1.807, 2.05) is 24.3 Å². The van der Waals surface area contributed by atoms with Gasteiger partial charge in [0.2, 0.25) is 0 Å². The van der Waals surface area contributed by atoms with E-state index in [1.54, 1.807) is 23.3 Å². The SMILES string of the molecule is C[Si](C)=[Zr+2].ClC1=C2[C-]=CC=C2[S+](Cl)C1.ClC1=C2[C-]=CC=C2[S+](Cl)C1.[Cl-].[Cl-]. The Morgan fingerprint density at radius 2 is 1.19 bits per heavy atom. The first-order chi connectivity index (χ1) is 11.3. The van der Waals surface area contributed by atoms with Crippen LogP contribution in [0.1, 0.15) is 0 Å². The summed E-state index contributed by atoms with van der Waals surface area (Å²) in [7, 11) is 11.6. The smallest absolute Gasteiger partial charge is 0.170 e. The van der Waals surface area contributed by atoms with E-state index in [0.717, 1.165) is 42.5 Å². The summed E-state index contributed by atoms with van der Waals surface area (Å²) < 4.78 is 0. The number of halogens is 6. The molecule has 2 atom stereocenters. The Morgan fingerprint density at radius 1 is 0.885 bits per heavy atom. The van der Waals surface area contributed by atoms with Crippen molar-refractivity contribution < 1.29 is 48.1 Å². The van der Waals surface area contributed by atoms with Gasteiger partial charge in [0.25, 0.3) is 0 Å². The molecule has 0 radical (unpaired) electrons. The van der Waals surface area contributed by atoms with Crippen LogP contribution in [0, 0.1) is 12.2 Å². The van der Waals surface area contributed by atoms with Crippen LogP contribution < -0.4 is 24.8 Å². The first-order valence-electron chi connectivity index (χ1n) is 6.95. The number of allylic oxidation sites excluding steroid dienone is 8. The van der Waals surface area contributed by atoms with E-state index in [1.165, 1.54) is 0 Å². The summed E-state index contributed by atoms with van der Waals surface area (Å²) in [6.45, 7) is 4.62. The fourth-order valence-electron chi connectivity index (χ4n) is 2.03. The van der Waals surface area contributed by atoms with Crippen LogP contribution in [0.25, 0.3) is 0 Å². The second-order valence-electron chi connectivity index (χ2n) is 5.19. The van der Waals surface area contributed by atoms with Gasteiger partial charge in [0.15, 0.2) is 21.4 Å². The van der Waals surface area contributed by atoms with Gasteiger partial charge in [0.05, 0.1) is 30.0 Å². The van der Waals surface area contributed by atoms with Gasteiger partial charge in [0.1, 0.15) is 11.5 Å². The van der Waals surface area contributed by atoms with Crippen LogP contribution in [0.4, 0.5) is 0 Å². The van der Waals surface area contributed by atoms with Gasteiger partial charge < -0.3 is 24.8 Å². The first-order valence-corrected chi connectivity index (χ1v) is 18.3. The molecule has 2 aliphatic heterocycles. The fraction of sp³-hybridized carbons (Fsp3) is 0.250. The molecule has 0 amide bonds. The molecule has 140 valence electrons. The molecule has 2 aliphatic carbocycles. The Balaban J connectivity index is 0.000000378. The van der Waals surface area contributed by atoms with Crippen molar-refractivity contribution in [2.75, 3.05) is 11.5 Å². The molecule has 2 unspecified atom stereocenters. The van der Waals surface area contributed by atoms with Gasteiger partial charge in [-0.2, -0.15) is 12.2 Å². The molecular weight excluding hydrogens is 588 g/mol. The Bertz CT molecular complexity index is 679. The van der Waals surface area contributed by atoms with Crippen LogP contribution in [0.15, 0.2) is 55.3 Å². The zero-order valence-electron chi connectivity index (χ0n) is 13.8. The molecule has 0 spiro atoms. The van der Waals surface area contributed by atoms with Crippen molar-refractivity contribution in [1.82, 2.24) is 0 Å². The summed E-state index contributed by atoms with van der Waals surface area (Å²) in [4.78, 5) is 2.32. The van der Waals surface area contributed by atoms with Crippen molar-refractivity contribution in [3.8, 4) is 0 Å². The summed E-state index contributed by atoms with van der Waals surface area (Å²) in [6, 6.07) is 0. The summed E-state index contributed by atoms with van der Waals surface area (Å²) in [6.07, 6.45) is 13.8. The molecule has 0 saturated carbocycles. The minimum atomic E-state index is -0.175. The van der Waals surface area contributed by atoms with E-state index in [0.29, 0.717) is 0 Å². The average Bonchev–Trinajstić information content (AvgIpc) is 3.21. The van der Waals surface area contributed by atoms with Crippen LogP contribution >= 0.6 is 44.6 Å². The van der Waals surface area contributed by atoms with Gasteiger partial charge in [-0.15, -0.1) is 47.5 Å². The largest absolute Gasteiger partial charge is 1.00 e. The topological polar surface area (TPSA) is 0 Å². The van der Waals surface area contributed by atoms with Crippen molar-refractivity contribution in [3.63, 3.8) is 0 Å². The van der Waals surface area contributed by atoms with Crippen LogP contribution in [0.3, 0.4) is 0 Å². The van der Waals surface area contributed by atoms with Crippen molar-refractivity contribution in [2.24, 2.45) is 0 Å². The minimum Gasteiger partial charge on any atom is -1.00 e. The first kappa shape index (κ1) is 28.0. The van der Waals surface area contributed by atoms with Gasteiger partial charge in [-0.1, -0.05) is 11.1 Å². The molecule has 0 nitrogen and oxygen atoms in total. The second kappa shape index (κ2) is 13.3. The Labute approximate surface area is 208 Å². The normalized spacial score (nSPS) is 23.7. The minimum absolute atomic E-state index is 0. The maximum absolute atomic E-state index is 5.98. The van der Waals surface area contributed by atoms with E-state index >= 15 is 0 Å². The van der Waals surface area contributed by atoms with E-state index in [2.05, 4.69) is 25.2 Å². The zero-order chi connectivity index (χ0) is 17.9. The molecule has 0 aromatic rings. The molecule has 26 heavy (non-hydrogen) atoms. The summed E-state index contributed by atoms with van der Waals surface area (Å²) >= 11 is 13.5. The number of fused-ring (bicyclic) bond motifs is 2. The molecule has 0 saturated heterocycles. The van der Waals surface area contributed by atoms with Gasteiger partial charge in [0, 0.05) is 0 Å². The molecule has 0 aromatic carbocycles. The van der Waals surface area contributed by atoms with Crippen LogP contribution in [0.2, 0.25) is 13.1 Å². The second-order valence-corrected chi connectivity index (χ2v) is 20.5. The van der Waals surface area contributed by atoms with E-state index < -0.39 is 0 Å². The van der Waals surface area contributed by atoms with Gasteiger partial charge in [-0.3, -0.25) is 0 Å².